The van der Waals surface area contributed by atoms with Crippen LogP contribution < -0.4 is 0 Å². The summed E-state index contributed by atoms with van der Waals surface area (Å²) in [5, 5.41) is 0. The molecule has 0 aromatic heterocycles. The molecule has 0 aliphatic rings. The summed E-state index contributed by atoms with van der Waals surface area (Å²) in [5.41, 5.74) is 46.0. The van der Waals surface area contributed by atoms with Crippen molar-refractivity contribution < 1.29 is 0 Å². The molecule has 9 aromatic rings. The Labute approximate surface area is 644 Å². The number of hydrogen-bond donors (Lipinski definition) is 0. The second kappa shape index (κ2) is 45.5. The van der Waals surface area contributed by atoms with Crippen molar-refractivity contribution in [2.24, 2.45) is 0 Å². The fraction of sp³-hybridized carbons (Fsp3) is 0.481. The third kappa shape index (κ3) is 30.5. The monoisotopic (exact) mass is 1400 g/mol. The van der Waals surface area contributed by atoms with Gasteiger partial charge in [0.25, 0.3) is 0 Å². The Morgan fingerprint density at radius 1 is 0.144 bits per heavy atom. The summed E-state index contributed by atoms with van der Waals surface area (Å²) in [5.74, 6) is 5.81. The van der Waals surface area contributed by atoms with Gasteiger partial charge in [0.15, 0.2) is 0 Å². The normalized spacial score (nSPS) is 10.8. The van der Waals surface area contributed by atoms with E-state index in [1.54, 1.807) is 0 Å². The van der Waals surface area contributed by atoms with Gasteiger partial charge in [0.05, 0.1) is 0 Å². The summed E-state index contributed by atoms with van der Waals surface area (Å²) in [7, 11) is 0. The van der Waals surface area contributed by atoms with Gasteiger partial charge in [-0.05, 0) is 374 Å². The lowest BCUT2D eigenvalue weighted by Gasteiger charge is -2.15. The number of hydrogen-bond acceptors (Lipinski definition) is 0. The molecule has 0 amide bonds. The smallest absolute Gasteiger partial charge is 0.0213 e. The summed E-state index contributed by atoms with van der Waals surface area (Å²) in [4.78, 5) is 0. The maximum Gasteiger partial charge on any atom is -0.0213 e. The van der Waals surface area contributed by atoms with Gasteiger partial charge >= 0.3 is 0 Å². The molecule has 0 aliphatic heterocycles. The zero-order chi connectivity index (χ0) is 80.2. The van der Waals surface area contributed by atoms with Gasteiger partial charge in [-0.15, -0.1) is 0 Å². The molecule has 0 radical (unpaired) electrons. The van der Waals surface area contributed by atoms with E-state index in [4.69, 9.17) is 0 Å². The van der Waals surface area contributed by atoms with Crippen LogP contribution in [0.2, 0.25) is 0 Å². The molecular weight excluding hydrogens is 1250 g/mol. The predicted molar refractivity (Wildman–Crippen MR) is 474 cm³/mol. The maximum absolute atomic E-state index is 2.31. The lowest BCUT2D eigenvalue weighted by molar-refractivity contribution is 0.843. The van der Waals surface area contributed by atoms with Crippen LogP contribution in [0, 0.1) is 159 Å². The number of aryl methyl sites for hydroxylation is 17. The lowest BCUT2D eigenvalue weighted by atomic mass is 9.91. The molecule has 0 aliphatic carbocycles. The minimum absolute atomic E-state index is 0.642. The molecule has 0 saturated carbocycles. The molecule has 0 spiro atoms. The summed E-state index contributed by atoms with van der Waals surface area (Å²) in [6.07, 6.45) is 0. The molecule has 0 heterocycles. The largest absolute Gasteiger partial charge is 0.0617 e. The molecule has 9 rings (SSSR count). The molecular formula is C104H154. The molecule has 0 unspecified atom stereocenters. The maximum atomic E-state index is 2.31. The van der Waals surface area contributed by atoms with Crippen LogP contribution in [-0.2, 0) is 0 Å². The van der Waals surface area contributed by atoms with Gasteiger partial charge < -0.3 is 0 Å². The first-order valence-corrected chi connectivity index (χ1v) is 39.7. The van der Waals surface area contributed by atoms with Crippen LogP contribution >= 0.6 is 0 Å². The minimum atomic E-state index is 0.642. The Hall–Kier alpha value is -7.02. The average Bonchev–Trinajstić information content (AvgIpc) is 0.844. The molecule has 0 N–H and O–H groups in total. The summed E-state index contributed by atoms with van der Waals surface area (Å²) in [6, 6.07) is 48.8. The van der Waals surface area contributed by atoms with Crippen molar-refractivity contribution in [2.75, 3.05) is 0 Å². The highest BCUT2D eigenvalue weighted by Gasteiger charge is 2.13. The second-order valence-electron chi connectivity index (χ2n) is 33.5. The molecule has 0 bridgehead atoms. The van der Waals surface area contributed by atoms with Crippen molar-refractivity contribution in [3.63, 3.8) is 0 Å². The molecule has 0 fully saturated rings. The number of benzene rings is 9. The summed E-state index contributed by atoms with van der Waals surface area (Å²) >= 11 is 0. The van der Waals surface area contributed by atoms with Crippen LogP contribution in [0.25, 0.3) is 0 Å². The van der Waals surface area contributed by atoms with Crippen LogP contribution in [0.1, 0.15) is 356 Å². The van der Waals surface area contributed by atoms with E-state index in [-0.39, 0.29) is 0 Å². The fourth-order valence-electron chi connectivity index (χ4n) is 14.6. The highest BCUT2D eigenvalue weighted by Crippen LogP contribution is 2.30. The van der Waals surface area contributed by atoms with Gasteiger partial charge in [-0.2, -0.15) is 0 Å². The van der Waals surface area contributed by atoms with Crippen molar-refractivity contribution in [3.05, 3.63) is 311 Å². The topological polar surface area (TPSA) is 0 Å². The first kappa shape index (κ1) is 95.0. The van der Waals surface area contributed by atoms with E-state index in [1.807, 2.05) is 0 Å². The van der Waals surface area contributed by atoms with E-state index < -0.39 is 0 Å². The molecule has 0 saturated heterocycles. The van der Waals surface area contributed by atoms with Gasteiger partial charge in [-0.1, -0.05) is 275 Å². The molecule has 0 heteroatoms. The van der Waals surface area contributed by atoms with E-state index in [9.17, 15) is 0 Å². The van der Waals surface area contributed by atoms with Crippen molar-refractivity contribution in [1.29, 1.82) is 0 Å². The summed E-state index contributed by atoms with van der Waals surface area (Å²) in [6.45, 7) is 90.7. The predicted octanol–water partition coefficient (Wildman–Crippen LogP) is 32.4. The lowest BCUT2D eigenvalue weighted by Crippen LogP contribution is -1.97. The van der Waals surface area contributed by atoms with Gasteiger partial charge in [0.1, 0.15) is 0 Å². The van der Waals surface area contributed by atoms with Crippen LogP contribution in [0.15, 0.2) is 133 Å². The Balaban J connectivity index is 0.000000585. The standard InChI is InChI=1S/5C12H18.4C11H16/c1-8(2)12-7-10(4)9(3)6-11(12)5;1-8(2)12-7-9(3)6-10(4)11(12)5;1-8(2)12-7-6-9(3)10(4)11(12)5;2*1-8(2)12-10(4)7-6-9(3)11(12)5;1-8(2)11-6-5-9(3)7-10(11)4;1-8(2)11-7-9(3)5-6-10(11)4;1-8(2)11-7-5-6-9(3)10(11)4;1-8(2)11-9(3)6-5-7-10(11)4/h5*6-8H,1-5H3;4*5-8H,1-4H3. The Morgan fingerprint density at radius 2 is 0.433 bits per heavy atom. The molecule has 9 aromatic carbocycles. The SMILES string of the molecule is Cc1cc(C)c(C(C)C)cc1C.Cc1cc(C)c(C)c(C(C)C)c1.Cc1ccc(C(C)C)c(C)c1.Cc1ccc(C(C)C)c(C)c1C.Cc1ccc(C)c(C(C)C)c1.Cc1ccc(C)c(C(C)C)c1C.Cc1ccc(C)c(C(C)C)c1C.Cc1cccc(C(C)C)c1C.Cc1cccc(C)c1C(C)C. The zero-order valence-electron chi connectivity index (χ0n) is 74.9. The fourth-order valence-corrected chi connectivity index (χ4v) is 14.6. The Kier molecular flexibility index (Phi) is 41.5. The molecule has 0 atom stereocenters. The highest BCUT2D eigenvalue weighted by atomic mass is 14.2. The van der Waals surface area contributed by atoms with Crippen LogP contribution in [-0.4, -0.2) is 0 Å². The van der Waals surface area contributed by atoms with E-state index in [1.165, 1.54) is 178 Å². The molecule has 104 heavy (non-hydrogen) atoms. The first-order valence-electron chi connectivity index (χ1n) is 39.7. The Bertz CT molecular complexity index is 3980. The van der Waals surface area contributed by atoms with Gasteiger partial charge in [0, 0.05) is 0 Å². The van der Waals surface area contributed by atoms with E-state index in [0.29, 0.717) is 53.3 Å². The van der Waals surface area contributed by atoms with E-state index in [2.05, 4.69) is 417 Å². The van der Waals surface area contributed by atoms with Crippen LogP contribution in [0.5, 0.6) is 0 Å². The quantitative estimate of drug-likeness (QED) is 0.135. The van der Waals surface area contributed by atoms with Gasteiger partial charge in [0.2, 0.25) is 0 Å². The summed E-state index contributed by atoms with van der Waals surface area (Å²) < 4.78 is 0. The third-order valence-corrected chi connectivity index (χ3v) is 21.4. The van der Waals surface area contributed by atoms with Crippen molar-refractivity contribution in [3.8, 4) is 0 Å². The zero-order valence-corrected chi connectivity index (χ0v) is 74.9. The molecule has 0 nitrogen and oxygen atoms in total. The van der Waals surface area contributed by atoms with E-state index in [0.717, 1.165) is 0 Å². The average molecular weight is 1400 g/mol. The van der Waals surface area contributed by atoms with Crippen LogP contribution in [0.4, 0.5) is 0 Å². The van der Waals surface area contributed by atoms with Crippen molar-refractivity contribution in [1.82, 2.24) is 0 Å². The third-order valence-electron chi connectivity index (χ3n) is 21.4. The van der Waals surface area contributed by atoms with Gasteiger partial charge in [-0.3, -0.25) is 0 Å². The van der Waals surface area contributed by atoms with Crippen LogP contribution in [0.3, 0.4) is 0 Å². The van der Waals surface area contributed by atoms with Gasteiger partial charge in [-0.25, -0.2) is 0 Å². The van der Waals surface area contributed by atoms with E-state index >= 15 is 0 Å². The first-order chi connectivity index (χ1) is 48.1. The van der Waals surface area contributed by atoms with Crippen molar-refractivity contribution >= 4 is 0 Å². The molecule has 570 valence electrons. The minimum Gasteiger partial charge on any atom is -0.0617 e. The van der Waals surface area contributed by atoms with Crippen molar-refractivity contribution in [2.45, 2.75) is 337 Å². The highest BCUT2D eigenvalue weighted by molar-refractivity contribution is 5.45. The Morgan fingerprint density at radius 3 is 0.827 bits per heavy atom. The second-order valence-corrected chi connectivity index (χ2v) is 33.5. The number of rotatable bonds is 9.